The molecule has 0 spiro atoms. The number of rotatable bonds is 4. The molecule has 1 N–H and O–H groups in total. The minimum absolute atomic E-state index is 0.0421. The van der Waals surface area contributed by atoms with Crippen molar-refractivity contribution in [2.45, 2.75) is 6.54 Å². The van der Waals surface area contributed by atoms with E-state index in [0.29, 0.717) is 11.6 Å². The van der Waals surface area contributed by atoms with Gasteiger partial charge in [-0.05, 0) is 11.6 Å². The van der Waals surface area contributed by atoms with Crippen molar-refractivity contribution in [3.05, 3.63) is 68.7 Å². The van der Waals surface area contributed by atoms with Crippen molar-refractivity contribution in [1.29, 1.82) is 0 Å². The fourth-order valence-electron chi connectivity index (χ4n) is 1.68. The van der Waals surface area contributed by atoms with Gasteiger partial charge in [0.2, 0.25) is 0 Å². The summed E-state index contributed by atoms with van der Waals surface area (Å²) in [6, 6.07) is 7.59. The molecule has 0 aromatic heterocycles. The van der Waals surface area contributed by atoms with Crippen LogP contribution in [0.25, 0.3) is 0 Å². The van der Waals surface area contributed by atoms with E-state index in [2.05, 4.69) is 5.32 Å². The molecule has 0 fully saturated rings. The largest absolute Gasteiger partial charge is 0.377 e. The molecule has 0 aliphatic carbocycles. The Bertz CT molecular complexity index is 642. The molecule has 0 aliphatic rings. The Balaban J connectivity index is 2.17. The molecule has 2 aromatic carbocycles. The molecule has 7 heteroatoms. The van der Waals surface area contributed by atoms with Gasteiger partial charge in [-0.2, -0.15) is 0 Å². The molecular formula is C13H9ClF2N2O2. The summed E-state index contributed by atoms with van der Waals surface area (Å²) < 4.78 is 26.4. The van der Waals surface area contributed by atoms with Crippen LogP contribution in [0.5, 0.6) is 0 Å². The van der Waals surface area contributed by atoms with Crippen LogP contribution in [0.2, 0.25) is 5.02 Å². The predicted molar refractivity (Wildman–Crippen MR) is 71.8 cm³/mol. The smallest absolute Gasteiger partial charge is 0.269 e. The molecule has 0 radical (unpaired) electrons. The number of nitrogens with one attached hydrogen (secondary N) is 1. The number of nitro groups is 1. The molecular weight excluding hydrogens is 290 g/mol. The van der Waals surface area contributed by atoms with Crippen LogP contribution < -0.4 is 5.32 Å². The Morgan fingerprint density at radius 3 is 2.65 bits per heavy atom. The SMILES string of the molecule is O=[N+]([O-])c1cccc(CNc2c(F)cc(F)cc2Cl)c1. The van der Waals surface area contributed by atoms with Gasteiger partial charge in [-0.25, -0.2) is 8.78 Å². The Morgan fingerprint density at radius 2 is 2.00 bits per heavy atom. The lowest BCUT2D eigenvalue weighted by molar-refractivity contribution is -0.384. The topological polar surface area (TPSA) is 55.2 Å². The van der Waals surface area contributed by atoms with Crippen LogP contribution in [0.3, 0.4) is 0 Å². The molecule has 0 amide bonds. The van der Waals surface area contributed by atoms with Crippen molar-refractivity contribution >= 4 is 23.0 Å². The summed E-state index contributed by atoms with van der Waals surface area (Å²) in [5.74, 6) is -1.59. The van der Waals surface area contributed by atoms with Gasteiger partial charge in [0, 0.05) is 24.7 Å². The van der Waals surface area contributed by atoms with Gasteiger partial charge in [-0.3, -0.25) is 10.1 Å². The highest BCUT2D eigenvalue weighted by atomic mass is 35.5. The van der Waals surface area contributed by atoms with Crippen molar-refractivity contribution in [1.82, 2.24) is 0 Å². The van der Waals surface area contributed by atoms with E-state index in [1.54, 1.807) is 6.07 Å². The highest BCUT2D eigenvalue weighted by Gasteiger charge is 2.10. The zero-order valence-corrected chi connectivity index (χ0v) is 10.8. The first kappa shape index (κ1) is 14.2. The maximum atomic E-state index is 13.5. The highest BCUT2D eigenvalue weighted by molar-refractivity contribution is 6.33. The number of hydrogen-bond acceptors (Lipinski definition) is 3. The molecule has 0 saturated carbocycles. The lowest BCUT2D eigenvalue weighted by Gasteiger charge is -2.09. The Morgan fingerprint density at radius 1 is 1.25 bits per heavy atom. The summed E-state index contributed by atoms with van der Waals surface area (Å²) in [6.45, 7) is 0.129. The zero-order chi connectivity index (χ0) is 14.7. The van der Waals surface area contributed by atoms with Gasteiger partial charge < -0.3 is 5.32 Å². The number of nitrogens with zero attached hydrogens (tertiary/aromatic N) is 1. The summed E-state index contributed by atoms with van der Waals surface area (Å²) in [6.07, 6.45) is 0. The average Bonchev–Trinajstić information content (AvgIpc) is 2.37. The van der Waals surface area contributed by atoms with E-state index in [0.717, 1.165) is 6.07 Å². The number of nitro benzene ring substituents is 1. The summed E-state index contributed by atoms with van der Waals surface area (Å²) in [5.41, 5.74) is 0.480. The first-order valence-electron chi connectivity index (χ1n) is 5.59. The maximum Gasteiger partial charge on any atom is 0.269 e. The Labute approximate surface area is 118 Å². The second-order valence-electron chi connectivity index (χ2n) is 4.02. The molecule has 0 aliphatic heterocycles. The number of halogens is 3. The molecule has 0 saturated heterocycles. The standard InChI is InChI=1S/C13H9ClF2N2O2/c14-11-5-9(15)6-12(16)13(11)17-7-8-2-1-3-10(4-8)18(19)20/h1-6,17H,7H2. The molecule has 2 rings (SSSR count). The van der Waals surface area contributed by atoms with Crippen molar-refractivity contribution in [2.75, 3.05) is 5.32 Å². The fourth-order valence-corrected chi connectivity index (χ4v) is 1.94. The summed E-state index contributed by atoms with van der Waals surface area (Å²) in [5, 5.41) is 13.2. The molecule has 4 nitrogen and oxygen atoms in total. The van der Waals surface area contributed by atoms with Gasteiger partial charge in [0.15, 0.2) is 5.82 Å². The lowest BCUT2D eigenvalue weighted by Crippen LogP contribution is -2.03. The van der Waals surface area contributed by atoms with Crippen molar-refractivity contribution in [2.24, 2.45) is 0 Å². The van der Waals surface area contributed by atoms with Gasteiger partial charge in [0.25, 0.3) is 5.69 Å². The monoisotopic (exact) mass is 298 g/mol. The Hall–Kier alpha value is -2.21. The molecule has 0 heterocycles. The van der Waals surface area contributed by atoms with E-state index >= 15 is 0 Å². The average molecular weight is 299 g/mol. The molecule has 0 unspecified atom stereocenters. The van der Waals surface area contributed by atoms with Crippen LogP contribution >= 0.6 is 11.6 Å². The predicted octanol–water partition coefficient (Wildman–Crippen LogP) is 4.14. The fraction of sp³-hybridized carbons (Fsp3) is 0.0769. The van der Waals surface area contributed by atoms with Crippen LogP contribution in [-0.2, 0) is 6.54 Å². The quantitative estimate of drug-likeness (QED) is 0.682. The zero-order valence-electron chi connectivity index (χ0n) is 10.1. The van der Waals surface area contributed by atoms with E-state index in [-0.39, 0.29) is 22.9 Å². The van der Waals surface area contributed by atoms with E-state index in [1.807, 2.05) is 0 Å². The van der Waals surface area contributed by atoms with Crippen LogP contribution in [-0.4, -0.2) is 4.92 Å². The second kappa shape index (κ2) is 5.83. The molecule has 0 bridgehead atoms. The van der Waals surface area contributed by atoms with Crippen LogP contribution in [0, 0.1) is 21.7 Å². The maximum absolute atomic E-state index is 13.5. The minimum Gasteiger partial charge on any atom is -0.377 e. The lowest BCUT2D eigenvalue weighted by atomic mass is 10.2. The van der Waals surface area contributed by atoms with Gasteiger partial charge in [-0.15, -0.1) is 0 Å². The third-order valence-electron chi connectivity index (χ3n) is 2.60. The third-order valence-corrected chi connectivity index (χ3v) is 2.90. The van der Waals surface area contributed by atoms with Gasteiger partial charge >= 0.3 is 0 Å². The van der Waals surface area contributed by atoms with E-state index in [1.165, 1.54) is 18.2 Å². The number of anilines is 1. The van der Waals surface area contributed by atoms with Gasteiger partial charge in [0.05, 0.1) is 15.6 Å². The normalized spacial score (nSPS) is 10.3. The van der Waals surface area contributed by atoms with Crippen molar-refractivity contribution in [3.8, 4) is 0 Å². The Kier molecular flexibility index (Phi) is 4.14. The number of hydrogen-bond donors (Lipinski definition) is 1. The van der Waals surface area contributed by atoms with Gasteiger partial charge in [-0.1, -0.05) is 23.7 Å². The van der Waals surface area contributed by atoms with Crippen LogP contribution in [0.1, 0.15) is 5.56 Å². The first-order chi connectivity index (χ1) is 9.47. The molecule has 20 heavy (non-hydrogen) atoms. The summed E-state index contributed by atoms with van der Waals surface area (Å²) in [7, 11) is 0. The highest BCUT2D eigenvalue weighted by Crippen LogP contribution is 2.27. The number of benzene rings is 2. The third kappa shape index (κ3) is 3.21. The minimum atomic E-state index is -0.819. The van der Waals surface area contributed by atoms with Crippen LogP contribution in [0.15, 0.2) is 36.4 Å². The second-order valence-corrected chi connectivity index (χ2v) is 4.43. The van der Waals surface area contributed by atoms with Crippen molar-refractivity contribution < 1.29 is 13.7 Å². The van der Waals surface area contributed by atoms with E-state index in [9.17, 15) is 18.9 Å². The van der Waals surface area contributed by atoms with Crippen LogP contribution in [0.4, 0.5) is 20.2 Å². The number of non-ortho nitro benzene ring substituents is 1. The molecule has 104 valence electrons. The summed E-state index contributed by atoms with van der Waals surface area (Å²) >= 11 is 5.73. The molecule has 0 atom stereocenters. The van der Waals surface area contributed by atoms with E-state index in [4.69, 9.17) is 11.6 Å². The van der Waals surface area contributed by atoms with Crippen molar-refractivity contribution in [3.63, 3.8) is 0 Å². The molecule has 2 aromatic rings. The van der Waals surface area contributed by atoms with E-state index < -0.39 is 16.6 Å². The summed E-state index contributed by atoms with van der Waals surface area (Å²) in [4.78, 5) is 10.1. The first-order valence-corrected chi connectivity index (χ1v) is 5.97. The van der Waals surface area contributed by atoms with Gasteiger partial charge in [0.1, 0.15) is 5.82 Å².